The molecule has 1 fully saturated rings. The van der Waals surface area contributed by atoms with Gasteiger partial charge in [-0.3, -0.25) is 9.56 Å². The van der Waals surface area contributed by atoms with Crippen molar-refractivity contribution in [1.29, 1.82) is 0 Å². The maximum Gasteiger partial charge on any atom is 0.191 e. The molecule has 1 aliphatic rings. The number of hydrogen-bond acceptors (Lipinski definition) is 5. The van der Waals surface area contributed by atoms with Gasteiger partial charge in [0, 0.05) is 57.9 Å². The summed E-state index contributed by atoms with van der Waals surface area (Å²) >= 11 is 0. The van der Waals surface area contributed by atoms with E-state index in [1.54, 1.807) is 25.8 Å². The summed E-state index contributed by atoms with van der Waals surface area (Å²) in [7, 11) is 1.77. The van der Waals surface area contributed by atoms with Crippen LogP contribution in [-0.4, -0.2) is 60.5 Å². The first-order valence-electron chi connectivity index (χ1n) is 9.38. The summed E-state index contributed by atoms with van der Waals surface area (Å²) in [6.45, 7) is 4.75. The Bertz CT molecular complexity index is 704. The summed E-state index contributed by atoms with van der Waals surface area (Å²) < 4.78 is 12.9. The van der Waals surface area contributed by atoms with Crippen molar-refractivity contribution >= 4 is 29.9 Å². The number of nitrogens with one attached hydrogen (secondary N) is 2. The number of aromatic nitrogens is 3. The van der Waals surface area contributed by atoms with Gasteiger partial charge in [0.1, 0.15) is 12.1 Å². The average molecular weight is 500 g/mol. The molecular formula is C19H29IN6O2. The van der Waals surface area contributed by atoms with Crippen LogP contribution >= 0.6 is 24.0 Å². The highest BCUT2D eigenvalue weighted by Crippen LogP contribution is 2.12. The fourth-order valence-electron chi connectivity index (χ4n) is 2.86. The number of guanidine groups is 1. The molecule has 2 aromatic rings. The van der Waals surface area contributed by atoms with Crippen LogP contribution in [0.25, 0.3) is 5.82 Å². The number of hydrogen-bond donors (Lipinski definition) is 2. The number of ether oxygens (including phenoxy) is 2. The van der Waals surface area contributed by atoms with Crippen LogP contribution in [0.1, 0.15) is 18.4 Å². The summed E-state index contributed by atoms with van der Waals surface area (Å²) in [6, 6.07) is 4.02. The second kappa shape index (κ2) is 12.7. The molecule has 2 N–H and O–H groups in total. The second-order valence-corrected chi connectivity index (χ2v) is 6.50. The molecule has 1 aliphatic heterocycles. The van der Waals surface area contributed by atoms with Crippen LogP contribution in [0.15, 0.2) is 42.0 Å². The predicted molar refractivity (Wildman–Crippen MR) is 119 cm³/mol. The molecule has 8 nitrogen and oxygen atoms in total. The van der Waals surface area contributed by atoms with E-state index < -0.39 is 0 Å². The lowest BCUT2D eigenvalue weighted by molar-refractivity contribution is 0.0888. The number of aliphatic imine (C=N–C) groups is 1. The van der Waals surface area contributed by atoms with Crippen molar-refractivity contribution in [2.24, 2.45) is 10.9 Å². The Kier molecular flexibility index (Phi) is 10.2. The largest absolute Gasteiger partial charge is 0.381 e. The molecule has 1 unspecified atom stereocenters. The van der Waals surface area contributed by atoms with Gasteiger partial charge in [-0.05, 0) is 30.5 Å². The average Bonchev–Trinajstić information content (AvgIpc) is 3.41. The molecule has 3 heterocycles. The molecule has 0 aromatic carbocycles. The standard InChI is InChI=1S/C19H28N6O2.HI/c1-20-19(23-5-2-9-26-13-17-4-10-27-14-17)24-12-16-3-6-22-18(11-16)25-8-7-21-15-25;/h3,6-8,11,15,17H,2,4-5,9-10,12-14H2,1H3,(H2,20,23,24);1H. The molecule has 0 saturated carbocycles. The van der Waals surface area contributed by atoms with E-state index in [2.05, 4.69) is 25.6 Å². The van der Waals surface area contributed by atoms with E-state index in [1.807, 2.05) is 22.9 Å². The highest BCUT2D eigenvalue weighted by Gasteiger charge is 2.15. The van der Waals surface area contributed by atoms with Crippen molar-refractivity contribution in [3.63, 3.8) is 0 Å². The molecule has 0 radical (unpaired) electrons. The van der Waals surface area contributed by atoms with Gasteiger partial charge in [0.05, 0.1) is 13.2 Å². The second-order valence-electron chi connectivity index (χ2n) is 6.50. The van der Waals surface area contributed by atoms with Gasteiger partial charge in [-0.15, -0.1) is 24.0 Å². The van der Waals surface area contributed by atoms with Crippen LogP contribution in [0, 0.1) is 5.92 Å². The molecule has 3 rings (SSSR count). The van der Waals surface area contributed by atoms with E-state index in [-0.39, 0.29) is 24.0 Å². The van der Waals surface area contributed by atoms with Crippen LogP contribution in [0.2, 0.25) is 0 Å². The first-order valence-corrected chi connectivity index (χ1v) is 9.38. The van der Waals surface area contributed by atoms with Gasteiger partial charge in [-0.1, -0.05) is 0 Å². The Morgan fingerprint density at radius 3 is 3.07 bits per heavy atom. The van der Waals surface area contributed by atoms with Crippen molar-refractivity contribution in [2.75, 3.05) is 40.0 Å². The summed E-state index contributed by atoms with van der Waals surface area (Å²) in [5, 5.41) is 6.64. The zero-order chi connectivity index (χ0) is 18.7. The third-order valence-electron chi connectivity index (χ3n) is 4.40. The van der Waals surface area contributed by atoms with Crippen LogP contribution in [0.5, 0.6) is 0 Å². The molecule has 2 aromatic heterocycles. The number of rotatable bonds is 9. The number of nitrogens with zero attached hydrogens (tertiary/aromatic N) is 4. The van der Waals surface area contributed by atoms with E-state index in [0.717, 1.165) is 63.2 Å². The Hall–Kier alpha value is -1.72. The van der Waals surface area contributed by atoms with E-state index in [9.17, 15) is 0 Å². The maximum atomic E-state index is 5.72. The number of pyridine rings is 1. The normalized spacial score (nSPS) is 16.6. The molecule has 28 heavy (non-hydrogen) atoms. The molecule has 0 spiro atoms. The van der Waals surface area contributed by atoms with E-state index in [0.29, 0.717) is 12.5 Å². The third kappa shape index (κ3) is 7.36. The molecule has 0 amide bonds. The van der Waals surface area contributed by atoms with Crippen LogP contribution in [0.3, 0.4) is 0 Å². The highest BCUT2D eigenvalue weighted by molar-refractivity contribution is 14.0. The maximum absolute atomic E-state index is 5.72. The first kappa shape index (κ1) is 22.6. The summed E-state index contributed by atoms with van der Waals surface area (Å²) in [4.78, 5) is 12.7. The summed E-state index contributed by atoms with van der Waals surface area (Å²) in [5.41, 5.74) is 1.12. The smallest absolute Gasteiger partial charge is 0.191 e. The zero-order valence-electron chi connectivity index (χ0n) is 16.2. The predicted octanol–water partition coefficient (Wildman–Crippen LogP) is 1.99. The first-order chi connectivity index (χ1) is 13.3. The highest BCUT2D eigenvalue weighted by atomic mass is 127. The fraction of sp³-hybridized carbons (Fsp3) is 0.526. The van der Waals surface area contributed by atoms with E-state index >= 15 is 0 Å². The van der Waals surface area contributed by atoms with Gasteiger partial charge in [-0.25, -0.2) is 9.97 Å². The van der Waals surface area contributed by atoms with Crippen LogP contribution in [0.4, 0.5) is 0 Å². The molecular weight excluding hydrogens is 471 g/mol. The molecule has 9 heteroatoms. The van der Waals surface area contributed by atoms with Crippen molar-refractivity contribution < 1.29 is 9.47 Å². The van der Waals surface area contributed by atoms with Crippen molar-refractivity contribution in [3.05, 3.63) is 42.6 Å². The van der Waals surface area contributed by atoms with Crippen molar-refractivity contribution in [3.8, 4) is 5.82 Å². The number of imidazole rings is 1. The Labute approximate surface area is 183 Å². The Morgan fingerprint density at radius 1 is 1.39 bits per heavy atom. The minimum absolute atomic E-state index is 0. The third-order valence-corrected chi connectivity index (χ3v) is 4.40. The quantitative estimate of drug-likeness (QED) is 0.237. The van der Waals surface area contributed by atoms with Gasteiger partial charge in [0.2, 0.25) is 0 Å². The zero-order valence-corrected chi connectivity index (χ0v) is 18.5. The molecule has 1 atom stereocenters. The van der Waals surface area contributed by atoms with Gasteiger partial charge in [0.15, 0.2) is 5.96 Å². The van der Waals surface area contributed by atoms with Gasteiger partial charge in [0.25, 0.3) is 0 Å². The minimum Gasteiger partial charge on any atom is -0.381 e. The lowest BCUT2D eigenvalue weighted by Crippen LogP contribution is -2.37. The van der Waals surface area contributed by atoms with Gasteiger partial charge < -0.3 is 20.1 Å². The van der Waals surface area contributed by atoms with Crippen molar-refractivity contribution in [1.82, 2.24) is 25.2 Å². The Morgan fingerprint density at radius 2 is 2.32 bits per heavy atom. The summed E-state index contributed by atoms with van der Waals surface area (Å²) in [6.07, 6.45) is 9.21. The van der Waals surface area contributed by atoms with E-state index in [1.165, 1.54) is 0 Å². The van der Waals surface area contributed by atoms with Crippen LogP contribution < -0.4 is 10.6 Å². The lowest BCUT2D eigenvalue weighted by Gasteiger charge is -2.13. The van der Waals surface area contributed by atoms with E-state index in [4.69, 9.17) is 9.47 Å². The molecule has 1 saturated heterocycles. The topological polar surface area (TPSA) is 85.6 Å². The van der Waals surface area contributed by atoms with Crippen molar-refractivity contribution in [2.45, 2.75) is 19.4 Å². The van der Waals surface area contributed by atoms with Gasteiger partial charge in [-0.2, -0.15) is 0 Å². The number of halogens is 1. The summed E-state index contributed by atoms with van der Waals surface area (Å²) in [5.74, 6) is 2.19. The molecule has 154 valence electrons. The SMILES string of the molecule is CN=C(NCCCOCC1CCOC1)NCc1ccnc(-n2ccnc2)c1.I. The van der Waals surface area contributed by atoms with Crippen LogP contribution in [-0.2, 0) is 16.0 Å². The molecule has 0 bridgehead atoms. The monoisotopic (exact) mass is 500 g/mol. The Balaban J connectivity index is 0.00000280. The fourth-order valence-corrected chi connectivity index (χ4v) is 2.86. The van der Waals surface area contributed by atoms with Gasteiger partial charge >= 0.3 is 0 Å². The minimum atomic E-state index is 0. The lowest BCUT2D eigenvalue weighted by atomic mass is 10.1. The molecule has 0 aliphatic carbocycles.